The van der Waals surface area contributed by atoms with Gasteiger partial charge in [-0.05, 0) is 23.1 Å². The van der Waals surface area contributed by atoms with Crippen molar-refractivity contribution in [2.45, 2.75) is 25.8 Å². The van der Waals surface area contributed by atoms with Gasteiger partial charge in [-0.15, -0.1) is 0 Å². The van der Waals surface area contributed by atoms with Crippen LogP contribution in [-0.4, -0.2) is 29.1 Å². The van der Waals surface area contributed by atoms with Crippen molar-refractivity contribution in [3.05, 3.63) is 71.3 Å². The number of hydrogen-bond donors (Lipinski definition) is 1. The molecule has 1 aliphatic heterocycles. The number of hydrogen-bond acceptors (Lipinski definition) is 2. The quantitative estimate of drug-likeness (QED) is 0.918. The Labute approximate surface area is 137 Å². The summed E-state index contributed by atoms with van der Waals surface area (Å²) in [4.78, 5) is 14.0. The van der Waals surface area contributed by atoms with E-state index in [2.05, 4.69) is 36.1 Å². The van der Waals surface area contributed by atoms with Crippen molar-refractivity contribution in [3.8, 4) is 0 Å². The molecule has 3 rings (SSSR count). The van der Waals surface area contributed by atoms with E-state index in [4.69, 9.17) is 0 Å². The Hall–Kier alpha value is -2.13. The van der Waals surface area contributed by atoms with Gasteiger partial charge in [-0.1, -0.05) is 61.5 Å². The Morgan fingerprint density at radius 3 is 2.48 bits per heavy atom. The second-order valence-corrected chi connectivity index (χ2v) is 6.28. The molecule has 1 N–H and O–H groups in total. The first-order valence-corrected chi connectivity index (χ1v) is 8.26. The molecule has 0 radical (unpaired) electrons. The third-order valence-electron chi connectivity index (χ3n) is 4.80. The topological polar surface area (TPSA) is 40.5 Å². The van der Waals surface area contributed by atoms with Crippen LogP contribution in [0.5, 0.6) is 0 Å². The maximum Gasteiger partial charge on any atom is 0.308 e. The predicted molar refractivity (Wildman–Crippen MR) is 91.4 cm³/mol. The largest absolute Gasteiger partial charge is 0.481 e. The van der Waals surface area contributed by atoms with Gasteiger partial charge in [0.1, 0.15) is 0 Å². The molecule has 2 aromatic rings. The Balaban J connectivity index is 1.83. The number of benzene rings is 2. The molecule has 0 aromatic heterocycles. The van der Waals surface area contributed by atoms with Gasteiger partial charge in [0.05, 0.1) is 5.92 Å². The van der Waals surface area contributed by atoms with Gasteiger partial charge < -0.3 is 5.11 Å². The van der Waals surface area contributed by atoms with Crippen LogP contribution in [0.4, 0.5) is 0 Å². The summed E-state index contributed by atoms with van der Waals surface area (Å²) in [6.45, 7) is 4.37. The molecule has 120 valence electrons. The molecule has 0 spiro atoms. The van der Waals surface area contributed by atoms with E-state index in [0.29, 0.717) is 6.54 Å². The van der Waals surface area contributed by atoms with Crippen molar-refractivity contribution < 1.29 is 9.90 Å². The molecule has 0 saturated carbocycles. The van der Waals surface area contributed by atoms with Gasteiger partial charge in [0.15, 0.2) is 0 Å². The van der Waals surface area contributed by atoms with E-state index in [9.17, 15) is 9.90 Å². The van der Waals surface area contributed by atoms with Gasteiger partial charge in [-0.2, -0.15) is 0 Å². The van der Waals surface area contributed by atoms with Crippen LogP contribution >= 0.6 is 0 Å². The maximum atomic E-state index is 11.8. The van der Waals surface area contributed by atoms with Gasteiger partial charge in [0.2, 0.25) is 0 Å². The zero-order valence-corrected chi connectivity index (χ0v) is 13.5. The normalized spacial score (nSPS) is 21.4. The van der Waals surface area contributed by atoms with E-state index in [1.54, 1.807) is 0 Å². The molecule has 2 atom stereocenters. The Morgan fingerprint density at radius 1 is 1.09 bits per heavy atom. The molecular weight excluding hydrogens is 286 g/mol. The third-order valence-corrected chi connectivity index (χ3v) is 4.80. The van der Waals surface area contributed by atoms with E-state index < -0.39 is 5.97 Å². The van der Waals surface area contributed by atoms with Crippen molar-refractivity contribution in [2.75, 3.05) is 13.1 Å². The fraction of sp³-hybridized carbons (Fsp3) is 0.350. The predicted octanol–water partition coefficient (Wildman–Crippen LogP) is 3.55. The van der Waals surface area contributed by atoms with Gasteiger partial charge in [0.25, 0.3) is 0 Å². The van der Waals surface area contributed by atoms with E-state index in [1.165, 1.54) is 16.7 Å². The van der Waals surface area contributed by atoms with Crippen LogP contribution < -0.4 is 0 Å². The molecule has 2 aromatic carbocycles. The summed E-state index contributed by atoms with van der Waals surface area (Å²) < 4.78 is 0. The third kappa shape index (κ3) is 3.45. The molecule has 1 aliphatic rings. The molecule has 1 heterocycles. The number of carboxylic acid groups (broad SMARTS) is 1. The highest BCUT2D eigenvalue weighted by Crippen LogP contribution is 2.35. The molecule has 0 aliphatic carbocycles. The first kappa shape index (κ1) is 15.8. The van der Waals surface area contributed by atoms with Crippen LogP contribution in [0.2, 0.25) is 0 Å². The van der Waals surface area contributed by atoms with Crippen LogP contribution in [0, 0.1) is 5.92 Å². The smallest absolute Gasteiger partial charge is 0.308 e. The number of carbonyl (C=O) groups is 1. The van der Waals surface area contributed by atoms with Gasteiger partial charge >= 0.3 is 5.97 Å². The summed E-state index contributed by atoms with van der Waals surface area (Å²) in [5.41, 5.74) is 3.71. The fourth-order valence-corrected chi connectivity index (χ4v) is 3.64. The Kier molecular flexibility index (Phi) is 4.77. The molecular formula is C20H23NO2. The van der Waals surface area contributed by atoms with Gasteiger partial charge in [0, 0.05) is 25.6 Å². The second-order valence-electron chi connectivity index (χ2n) is 6.28. The molecule has 0 bridgehead atoms. The monoisotopic (exact) mass is 309 g/mol. The number of nitrogens with zero attached hydrogens (tertiary/aromatic N) is 1. The van der Waals surface area contributed by atoms with E-state index in [-0.39, 0.29) is 11.8 Å². The van der Waals surface area contributed by atoms with Crippen molar-refractivity contribution >= 4 is 5.97 Å². The number of rotatable bonds is 5. The Morgan fingerprint density at radius 2 is 1.78 bits per heavy atom. The van der Waals surface area contributed by atoms with Crippen LogP contribution in [0.25, 0.3) is 0 Å². The van der Waals surface area contributed by atoms with Gasteiger partial charge in [-0.3, -0.25) is 9.69 Å². The highest BCUT2D eigenvalue weighted by Gasteiger charge is 2.39. The van der Waals surface area contributed by atoms with Crippen molar-refractivity contribution in [3.63, 3.8) is 0 Å². The lowest BCUT2D eigenvalue weighted by molar-refractivity contribution is -0.141. The SMILES string of the molecule is CCc1ccccc1C1CN(Cc2ccccc2)CC1C(=O)O. The molecule has 3 heteroatoms. The molecule has 2 unspecified atom stereocenters. The van der Waals surface area contributed by atoms with E-state index >= 15 is 0 Å². The molecule has 1 saturated heterocycles. The number of likely N-dealkylation sites (tertiary alicyclic amines) is 1. The average Bonchev–Trinajstić information content (AvgIpc) is 2.99. The standard InChI is InChI=1S/C20H23NO2/c1-2-16-10-6-7-11-17(16)18-13-21(14-19(18)20(22)23)12-15-8-4-3-5-9-15/h3-11,18-19H,2,12-14H2,1H3,(H,22,23). The summed E-state index contributed by atoms with van der Waals surface area (Å²) in [6.07, 6.45) is 0.942. The first-order chi connectivity index (χ1) is 11.2. The lowest BCUT2D eigenvalue weighted by Crippen LogP contribution is -2.23. The fourth-order valence-electron chi connectivity index (χ4n) is 3.64. The van der Waals surface area contributed by atoms with Crippen LogP contribution in [0.15, 0.2) is 54.6 Å². The van der Waals surface area contributed by atoms with Crippen molar-refractivity contribution in [2.24, 2.45) is 5.92 Å². The summed E-state index contributed by atoms with van der Waals surface area (Å²) in [5.74, 6) is -0.935. The van der Waals surface area contributed by atoms with Crippen LogP contribution in [-0.2, 0) is 17.8 Å². The maximum absolute atomic E-state index is 11.8. The molecule has 0 amide bonds. The number of aliphatic carboxylic acids is 1. The second kappa shape index (κ2) is 6.97. The van der Waals surface area contributed by atoms with E-state index in [1.807, 2.05) is 30.3 Å². The highest BCUT2D eigenvalue weighted by molar-refractivity contribution is 5.72. The summed E-state index contributed by atoms with van der Waals surface area (Å²) in [7, 11) is 0. The average molecular weight is 309 g/mol. The van der Waals surface area contributed by atoms with Crippen LogP contribution in [0.1, 0.15) is 29.5 Å². The minimum atomic E-state index is -0.684. The van der Waals surface area contributed by atoms with Gasteiger partial charge in [-0.25, -0.2) is 0 Å². The highest BCUT2D eigenvalue weighted by atomic mass is 16.4. The Bertz CT molecular complexity index is 668. The number of aryl methyl sites for hydroxylation is 1. The van der Waals surface area contributed by atoms with Crippen molar-refractivity contribution in [1.82, 2.24) is 4.90 Å². The lowest BCUT2D eigenvalue weighted by atomic mass is 9.85. The minimum Gasteiger partial charge on any atom is -0.481 e. The zero-order valence-electron chi connectivity index (χ0n) is 13.5. The molecule has 23 heavy (non-hydrogen) atoms. The zero-order chi connectivity index (χ0) is 16.2. The molecule has 1 fully saturated rings. The van der Waals surface area contributed by atoms with Crippen molar-refractivity contribution in [1.29, 1.82) is 0 Å². The summed E-state index contributed by atoms with van der Waals surface area (Å²) in [6, 6.07) is 18.6. The van der Waals surface area contributed by atoms with E-state index in [0.717, 1.165) is 19.5 Å². The molecule has 3 nitrogen and oxygen atoms in total. The van der Waals surface area contributed by atoms with Crippen LogP contribution in [0.3, 0.4) is 0 Å². The number of carboxylic acids is 1. The first-order valence-electron chi connectivity index (χ1n) is 8.26. The lowest BCUT2D eigenvalue weighted by Gasteiger charge is -2.19. The summed E-state index contributed by atoms with van der Waals surface area (Å²) in [5, 5.41) is 9.67. The summed E-state index contributed by atoms with van der Waals surface area (Å²) >= 11 is 0. The minimum absolute atomic E-state index is 0.0763.